The predicted octanol–water partition coefficient (Wildman–Crippen LogP) is 7.49. The highest BCUT2D eigenvalue weighted by Crippen LogP contribution is 2.50. The van der Waals surface area contributed by atoms with Gasteiger partial charge in [0.2, 0.25) is 0 Å². The van der Waals surface area contributed by atoms with Crippen LogP contribution in [0.1, 0.15) is 54.2 Å². The number of rotatable bonds is 3. The lowest BCUT2D eigenvalue weighted by Crippen LogP contribution is -2.42. The third-order valence-corrected chi connectivity index (χ3v) is 6.01. The van der Waals surface area contributed by atoms with E-state index in [1.165, 1.54) is 12.1 Å². The number of alkyl halides is 3. The summed E-state index contributed by atoms with van der Waals surface area (Å²) in [5, 5.41) is 3.40. The van der Waals surface area contributed by atoms with E-state index >= 15 is 0 Å². The molecule has 1 aliphatic rings. The van der Waals surface area contributed by atoms with Gasteiger partial charge in [-0.3, -0.25) is 0 Å². The minimum Gasteiger partial charge on any atom is -0.456 e. The lowest BCUT2D eigenvalue weighted by Gasteiger charge is -2.30. The van der Waals surface area contributed by atoms with Crippen molar-refractivity contribution in [2.45, 2.75) is 51.5 Å². The number of hydrogen-bond acceptors (Lipinski definition) is 4. The first kappa shape index (κ1) is 24.7. The summed E-state index contributed by atoms with van der Waals surface area (Å²) in [7, 11) is 0. The van der Waals surface area contributed by atoms with E-state index in [-0.39, 0.29) is 26.3 Å². The first-order valence-corrected chi connectivity index (χ1v) is 10.6. The number of benzene rings is 2. The normalized spacial score (nSPS) is 18.9. The van der Waals surface area contributed by atoms with Gasteiger partial charge in [0.25, 0.3) is 5.60 Å². The average molecular weight is 509 g/mol. The van der Waals surface area contributed by atoms with Crippen molar-refractivity contribution in [3.05, 3.63) is 67.7 Å². The van der Waals surface area contributed by atoms with Crippen LogP contribution in [0.4, 0.5) is 13.2 Å². The molecule has 0 aromatic heterocycles. The van der Waals surface area contributed by atoms with Gasteiger partial charge in [-0.2, -0.15) is 13.2 Å². The van der Waals surface area contributed by atoms with E-state index in [1.54, 1.807) is 33.8 Å². The van der Waals surface area contributed by atoms with E-state index in [4.69, 9.17) is 44.4 Å². The topological polar surface area (TPSA) is 47.9 Å². The van der Waals surface area contributed by atoms with Gasteiger partial charge in [0.1, 0.15) is 5.60 Å². The number of halogens is 6. The van der Waals surface area contributed by atoms with Gasteiger partial charge in [-0.1, -0.05) is 46.0 Å². The Kier molecular flexibility index (Phi) is 6.50. The molecule has 2 aromatic carbocycles. The van der Waals surface area contributed by atoms with Crippen LogP contribution < -0.4 is 0 Å². The molecule has 2 aromatic rings. The first-order chi connectivity index (χ1) is 14.6. The fourth-order valence-electron chi connectivity index (χ4n) is 3.25. The quantitative estimate of drug-likeness (QED) is 0.319. The highest BCUT2D eigenvalue weighted by atomic mass is 35.5. The summed E-state index contributed by atoms with van der Waals surface area (Å²) in [6.45, 7) is 6.89. The SMILES string of the molecule is Cc1cc(C2=NOC(c3cc(Cl)c(Cl)c(Cl)c3)(C(F)(F)F)C2)ccc1C(=O)OC(C)(C)C. The van der Waals surface area contributed by atoms with Crippen LogP contribution in [-0.4, -0.2) is 23.5 Å². The van der Waals surface area contributed by atoms with Crippen molar-refractivity contribution < 1.29 is 27.5 Å². The number of oxime groups is 1. The Balaban J connectivity index is 1.96. The van der Waals surface area contributed by atoms with Gasteiger partial charge in [0.15, 0.2) is 0 Å². The Morgan fingerprint density at radius 2 is 1.69 bits per heavy atom. The van der Waals surface area contributed by atoms with Crippen LogP contribution in [0.25, 0.3) is 0 Å². The Bertz CT molecular complexity index is 1090. The predicted molar refractivity (Wildman–Crippen MR) is 118 cm³/mol. The number of esters is 1. The van der Waals surface area contributed by atoms with Gasteiger partial charge in [-0.05, 0) is 63.1 Å². The molecule has 0 saturated carbocycles. The summed E-state index contributed by atoms with van der Waals surface area (Å²) in [6, 6.07) is 6.69. The van der Waals surface area contributed by atoms with Crippen LogP contribution in [0.15, 0.2) is 35.5 Å². The van der Waals surface area contributed by atoms with E-state index in [1.807, 2.05) is 0 Å². The monoisotopic (exact) mass is 507 g/mol. The molecule has 0 amide bonds. The molecule has 0 N–H and O–H groups in total. The maximum absolute atomic E-state index is 14.2. The van der Waals surface area contributed by atoms with Crippen molar-refractivity contribution in [3.8, 4) is 0 Å². The van der Waals surface area contributed by atoms with Gasteiger partial charge in [0, 0.05) is 12.0 Å². The molecule has 1 atom stereocenters. The van der Waals surface area contributed by atoms with Crippen LogP contribution in [0.2, 0.25) is 15.1 Å². The summed E-state index contributed by atoms with van der Waals surface area (Å²) in [5.41, 5.74) is -2.50. The lowest BCUT2D eigenvalue weighted by molar-refractivity contribution is -0.275. The number of ether oxygens (including phenoxy) is 1. The average Bonchev–Trinajstić information content (AvgIpc) is 3.11. The van der Waals surface area contributed by atoms with Gasteiger partial charge in [0.05, 0.1) is 26.3 Å². The molecule has 3 rings (SSSR count). The standard InChI is InChI=1S/C22H19Cl3F3NO3/c1-11-7-12(5-6-14(11)19(30)31-20(2,3)4)17-10-21(32-29-17,22(26,27)28)13-8-15(23)18(25)16(24)9-13/h5-9H,10H2,1-4H3. The Morgan fingerprint density at radius 1 is 1.09 bits per heavy atom. The molecule has 1 aliphatic heterocycles. The molecule has 0 bridgehead atoms. The third kappa shape index (κ3) is 4.70. The van der Waals surface area contributed by atoms with Gasteiger partial charge in [-0.25, -0.2) is 4.79 Å². The zero-order valence-corrected chi connectivity index (χ0v) is 19.8. The molecule has 0 aliphatic carbocycles. The van der Waals surface area contributed by atoms with E-state index in [2.05, 4.69) is 5.16 Å². The maximum Gasteiger partial charge on any atom is 0.435 e. The summed E-state index contributed by atoms with van der Waals surface area (Å²) in [5.74, 6) is -0.527. The molecule has 172 valence electrons. The summed E-state index contributed by atoms with van der Waals surface area (Å²) in [4.78, 5) is 17.4. The van der Waals surface area contributed by atoms with Crippen molar-refractivity contribution >= 4 is 46.5 Å². The minimum absolute atomic E-state index is 0.0538. The lowest BCUT2D eigenvalue weighted by atomic mass is 9.86. The van der Waals surface area contributed by atoms with E-state index in [0.717, 1.165) is 12.1 Å². The molecular weight excluding hydrogens is 490 g/mol. The highest BCUT2D eigenvalue weighted by Gasteiger charge is 2.62. The van der Waals surface area contributed by atoms with Gasteiger partial charge >= 0.3 is 12.1 Å². The summed E-state index contributed by atoms with van der Waals surface area (Å²) in [6.07, 6.45) is -5.44. The summed E-state index contributed by atoms with van der Waals surface area (Å²) >= 11 is 17.8. The molecule has 32 heavy (non-hydrogen) atoms. The number of aryl methyl sites for hydroxylation is 1. The fourth-order valence-corrected chi connectivity index (χ4v) is 3.85. The zero-order valence-electron chi connectivity index (χ0n) is 17.5. The van der Waals surface area contributed by atoms with E-state index in [0.29, 0.717) is 16.7 Å². The molecule has 1 heterocycles. The Labute approximate surface area is 198 Å². The highest BCUT2D eigenvalue weighted by molar-refractivity contribution is 6.48. The first-order valence-electron chi connectivity index (χ1n) is 9.46. The van der Waals surface area contributed by atoms with Crippen molar-refractivity contribution in [3.63, 3.8) is 0 Å². The number of hydrogen-bond donors (Lipinski definition) is 0. The van der Waals surface area contributed by atoms with E-state index in [9.17, 15) is 18.0 Å². The Morgan fingerprint density at radius 3 is 2.19 bits per heavy atom. The van der Waals surface area contributed by atoms with Crippen molar-refractivity contribution in [2.75, 3.05) is 0 Å². The van der Waals surface area contributed by atoms with E-state index < -0.39 is 29.8 Å². The van der Waals surface area contributed by atoms with Crippen LogP contribution >= 0.6 is 34.8 Å². The maximum atomic E-state index is 14.2. The second-order valence-corrected chi connectivity index (χ2v) is 9.61. The molecule has 10 heteroatoms. The number of carbonyl (C=O) groups excluding carboxylic acids is 1. The molecule has 0 spiro atoms. The second kappa shape index (κ2) is 8.43. The molecule has 0 fully saturated rings. The molecule has 4 nitrogen and oxygen atoms in total. The van der Waals surface area contributed by atoms with Crippen LogP contribution in [0, 0.1) is 6.92 Å². The number of nitrogens with zero attached hydrogens (tertiary/aromatic N) is 1. The van der Waals surface area contributed by atoms with Crippen LogP contribution in [-0.2, 0) is 15.2 Å². The van der Waals surface area contributed by atoms with Gasteiger partial charge < -0.3 is 9.57 Å². The van der Waals surface area contributed by atoms with Gasteiger partial charge in [-0.15, -0.1) is 0 Å². The molecular formula is C22H19Cl3F3NO3. The smallest absolute Gasteiger partial charge is 0.435 e. The molecule has 0 radical (unpaired) electrons. The van der Waals surface area contributed by atoms with Crippen LogP contribution in [0.5, 0.6) is 0 Å². The van der Waals surface area contributed by atoms with Crippen LogP contribution in [0.3, 0.4) is 0 Å². The minimum atomic E-state index is -4.83. The Hall–Kier alpha value is -1.96. The zero-order chi connectivity index (χ0) is 24.1. The van der Waals surface area contributed by atoms with Crippen molar-refractivity contribution in [1.29, 1.82) is 0 Å². The molecule has 0 saturated heterocycles. The fraction of sp³-hybridized carbons (Fsp3) is 0.364. The third-order valence-electron chi connectivity index (χ3n) is 4.81. The largest absolute Gasteiger partial charge is 0.456 e. The second-order valence-electron chi connectivity index (χ2n) is 8.42. The van der Waals surface area contributed by atoms with Crippen molar-refractivity contribution in [1.82, 2.24) is 0 Å². The summed E-state index contributed by atoms with van der Waals surface area (Å²) < 4.78 is 47.9. The number of carbonyl (C=O) groups is 1. The van der Waals surface area contributed by atoms with Crippen molar-refractivity contribution in [2.24, 2.45) is 5.16 Å². The molecule has 1 unspecified atom stereocenters.